The van der Waals surface area contributed by atoms with Crippen LogP contribution in [-0.4, -0.2) is 4.57 Å². The first-order chi connectivity index (χ1) is 10.2. The van der Waals surface area contributed by atoms with E-state index in [2.05, 4.69) is 6.07 Å². The van der Waals surface area contributed by atoms with Gasteiger partial charge < -0.3 is 4.57 Å². The summed E-state index contributed by atoms with van der Waals surface area (Å²) >= 11 is 6.26. The molecule has 4 heteroatoms. The molecule has 0 amide bonds. The second kappa shape index (κ2) is 5.59. The van der Waals surface area contributed by atoms with E-state index in [0.29, 0.717) is 28.2 Å². The third-order valence-electron chi connectivity index (χ3n) is 3.55. The first-order valence-electron chi connectivity index (χ1n) is 6.62. The van der Waals surface area contributed by atoms with Gasteiger partial charge in [0, 0.05) is 11.9 Å². The van der Waals surface area contributed by atoms with Crippen molar-refractivity contribution in [2.24, 2.45) is 0 Å². The highest BCUT2D eigenvalue weighted by atomic mass is 35.5. The minimum atomic E-state index is -0.357. The molecule has 0 spiro atoms. The van der Waals surface area contributed by atoms with Crippen molar-refractivity contribution in [2.45, 2.75) is 13.0 Å². The third-order valence-corrected chi connectivity index (χ3v) is 3.94. The number of nitriles is 1. The van der Waals surface area contributed by atoms with Gasteiger partial charge in [0.15, 0.2) is 0 Å². The Morgan fingerprint density at radius 3 is 2.57 bits per heavy atom. The molecule has 0 saturated carbocycles. The maximum Gasteiger partial charge on any atom is 0.147 e. The van der Waals surface area contributed by atoms with E-state index >= 15 is 0 Å². The fraction of sp³-hybridized carbons (Fsp3) is 0.118. The molecule has 2 nitrogen and oxygen atoms in total. The topological polar surface area (TPSA) is 28.7 Å². The molecule has 0 atom stereocenters. The first kappa shape index (κ1) is 13.7. The molecular formula is C17H12ClFN2. The molecular weight excluding hydrogens is 287 g/mol. The lowest BCUT2D eigenvalue weighted by molar-refractivity contribution is 0.621. The van der Waals surface area contributed by atoms with Gasteiger partial charge in [0.05, 0.1) is 11.1 Å². The zero-order valence-corrected chi connectivity index (χ0v) is 11.9. The average molecular weight is 299 g/mol. The molecule has 3 rings (SSSR count). The highest BCUT2D eigenvalue weighted by Gasteiger charge is 2.18. The Bertz CT molecular complexity index is 831. The van der Waals surface area contributed by atoms with E-state index in [1.54, 1.807) is 16.7 Å². The molecule has 3 aromatic rings. The van der Waals surface area contributed by atoms with Gasteiger partial charge in [-0.2, -0.15) is 5.26 Å². The summed E-state index contributed by atoms with van der Waals surface area (Å²) in [7, 11) is 0. The van der Waals surface area contributed by atoms with E-state index in [0.717, 1.165) is 12.0 Å². The van der Waals surface area contributed by atoms with Gasteiger partial charge in [-0.05, 0) is 18.1 Å². The zero-order chi connectivity index (χ0) is 14.8. The Balaban J connectivity index is 2.06. The Morgan fingerprint density at radius 1 is 1.10 bits per heavy atom. The lowest BCUT2D eigenvalue weighted by atomic mass is 10.1. The van der Waals surface area contributed by atoms with Gasteiger partial charge in [0.1, 0.15) is 17.0 Å². The van der Waals surface area contributed by atoms with Gasteiger partial charge in [-0.25, -0.2) is 4.39 Å². The molecule has 0 saturated heterocycles. The lowest BCUT2D eigenvalue weighted by Crippen LogP contribution is -2.02. The van der Waals surface area contributed by atoms with Crippen molar-refractivity contribution in [1.82, 2.24) is 4.57 Å². The highest BCUT2D eigenvalue weighted by molar-refractivity contribution is 6.32. The number of hydrogen-bond donors (Lipinski definition) is 0. The molecule has 1 aromatic heterocycles. The molecule has 0 aliphatic carbocycles. The fourth-order valence-corrected chi connectivity index (χ4v) is 2.85. The number of para-hydroxylation sites is 1. The monoisotopic (exact) mass is 298 g/mol. The average Bonchev–Trinajstić information content (AvgIpc) is 2.79. The minimum Gasteiger partial charge on any atom is -0.328 e. The number of nitrogens with zero attached hydrogens (tertiary/aromatic N) is 2. The van der Waals surface area contributed by atoms with Gasteiger partial charge in [-0.15, -0.1) is 0 Å². The molecule has 0 radical (unpaired) electrons. The second-order valence-electron chi connectivity index (χ2n) is 4.80. The van der Waals surface area contributed by atoms with Crippen LogP contribution in [0.3, 0.4) is 0 Å². The fourth-order valence-electron chi connectivity index (χ4n) is 2.54. The van der Waals surface area contributed by atoms with Crippen LogP contribution in [0, 0.1) is 17.1 Å². The van der Waals surface area contributed by atoms with Crippen molar-refractivity contribution >= 4 is 22.5 Å². The minimum absolute atomic E-state index is 0.300. The van der Waals surface area contributed by atoms with E-state index < -0.39 is 0 Å². The Morgan fingerprint density at radius 2 is 1.86 bits per heavy atom. The van der Waals surface area contributed by atoms with Gasteiger partial charge in [-0.1, -0.05) is 54.1 Å². The molecule has 0 N–H and O–H groups in total. The van der Waals surface area contributed by atoms with Crippen LogP contribution in [0.1, 0.15) is 11.1 Å². The zero-order valence-electron chi connectivity index (χ0n) is 11.2. The van der Waals surface area contributed by atoms with Crippen molar-refractivity contribution in [3.05, 3.63) is 70.6 Å². The summed E-state index contributed by atoms with van der Waals surface area (Å²) in [6.07, 6.45) is 0.726. The van der Waals surface area contributed by atoms with Gasteiger partial charge in [0.25, 0.3) is 0 Å². The van der Waals surface area contributed by atoms with Crippen molar-refractivity contribution in [3.8, 4) is 6.07 Å². The van der Waals surface area contributed by atoms with Crippen molar-refractivity contribution in [2.75, 3.05) is 0 Å². The van der Waals surface area contributed by atoms with Gasteiger partial charge >= 0.3 is 0 Å². The number of fused-ring (bicyclic) bond motifs is 1. The summed E-state index contributed by atoms with van der Waals surface area (Å²) in [4.78, 5) is 0. The van der Waals surface area contributed by atoms with Gasteiger partial charge in [0.2, 0.25) is 0 Å². The van der Waals surface area contributed by atoms with E-state index in [4.69, 9.17) is 11.6 Å². The van der Waals surface area contributed by atoms with Gasteiger partial charge in [-0.3, -0.25) is 0 Å². The van der Waals surface area contributed by atoms with E-state index in [9.17, 15) is 9.65 Å². The van der Waals surface area contributed by atoms with E-state index in [-0.39, 0.29) is 5.82 Å². The maximum atomic E-state index is 14.1. The number of aryl methyl sites for hydroxylation is 2. The standard InChI is InChI=1S/C17H12ClFN2/c18-17-14(11-20)13-7-4-8-15(19)16(13)21(17)10-9-12-5-2-1-3-6-12/h1-8H,9-10H2. The Kier molecular flexibility index (Phi) is 3.64. The molecule has 2 aromatic carbocycles. The van der Waals surface area contributed by atoms with Crippen LogP contribution < -0.4 is 0 Å². The molecule has 104 valence electrons. The number of aromatic nitrogens is 1. The lowest BCUT2D eigenvalue weighted by Gasteiger charge is -2.07. The summed E-state index contributed by atoms with van der Waals surface area (Å²) in [5.74, 6) is -0.357. The van der Waals surface area contributed by atoms with E-state index in [1.807, 2.05) is 30.3 Å². The number of halogens is 2. The number of rotatable bonds is 3. The highest BCUT2D eigenvalue weighted by Crippen LogP contribution is 2.31. The number of hydrogen-bond acceptors (Lipinski definition) is 1. The molecule has 0 fully saturated rings. The summed E-state index contributed by atoms with van der Waals surface area (Å²) < 4.78 is 15.8. The molecule has 0 aliphatic heterocycles. The first-order valence-corrected chi connectivity index (χ1v) is 7.00. The third kappa shape index (κ3) is 2.39. The van der Waals surface area contributed by atoms with Crippen LogP contribution in [0.4, 0.5) is 4.39 Å². The van der Waals surface area contributed by atoms with Crippen LogP contribution in [0.5, 0.6) is 0 Å². The van der Waals surface area contributed by atoms with Crippen LogP contribution in [0.2, 0.25) is 5.15 Å². The summed E-state index contributed by atoms with van der Waals surface area (Å²) in [6, 6.07) is 16.7. The van der Waals surface area contributed by atoms with E-state index in [1.165, 1.54) is 6.07 Å². The van der Waals surface area contributed by atoms with Crippen molar-refractivity contribution in [3.63, 3.8) is 0 Å². The predicted molar refractivity (Wildman–Crippen MR) is 81.8 cm³/mol. The summed E-state index contributed by atoms with van der Waals surface area (Å²) in [6.45, 7) is 0.530. The Labute approximate surface area is 127 Å². The summed E-state index contributed by atoms with van der Waals surface area (Å²) in [5.41, 5.74) is 1.87. The van der Waals surface area contributed by atoms with Crippen LogP contribution in [0.25, 0.3) is 10.9 Å². The van der Waals surface area contributed by atoms with Crippen molar-refractivity contribution < 1.29 is 4.39 Å². The van der Waals surface area contributed by atoms with Crippen LogP contribution in [-0.2, 0) is 13.0 Å². The largest absolute Gasteiger partial charge is 0.328 e. The normalized spacial score (nSPS) is 10.7. The SMILES string of the molecule is N#Cc1c(Cl)n(CCc2ccccc2)c2c(F)cccc12. The Hall–Kier alpha value is -2.31. The van der Waals surface area contributed by atoms with Crippen molar-refractivity contribution in [1.29, 1.82) is 5.26 Å². The molecule has 0 unspecified atom stereocenters. The van der Waals surface area contributed by atoms with Crippen LogP contribution >= 0.6 is 11.6 Å². The number of benzene rings is 2. The second-order valence-corrected chi connectivity index (χ2v) is 5.16. The maximum absolute atomic E-state index is 14.1. The predicted octanol–water partition coefficient (Wildman–Crippen LogP) is 4.55. The molecule has 1 heterocycles. The molecule has 21 heavy (non-hydrogen) atoms. The quantitative estimate of drug-likeness (QED) is 0.697. The molecule has 0 bridgehead atoms. The molecule has 0 aliphatic rings. The summed E-state index contributed by atoms with van der Waals surface area (Å²) in [5, 5.41) is 10.1. The van der Waals surface area contributed by atoms with Crippen LogP contribution in [0.15, 0.2) is 48.5 Å². The smallest absolute Gasteiger partial charge is 0.147 e.